The number of benzene rings is 1. The number of aliphatic hydroxyl groups excluding tert-OH is 1. The van der Waals surface area contributed by atoms with Gasteiger partial charge in [0.15, 0.2) is 0 Å². The molecule has 0 aliphatic heterocycles. The van der Waals surface area contributed by atoms with Crippen molar-refractivity contribution in [3.63, 3.8) is 0 Å². The number of aryl methyl sites for hydroxylation is 1. The molecule has 1 aromatic rings. The molecule has 0 fully saturated rings. The Morgan fingerprint density at radius 2 is 2.08 bits per heavy atom. The van der Waals surface area contributed by atoms with E-state index in [-0.39, 0.29) is 0 Å². The minimum absolute atomic E-state index is 0.508. The van der Waals surface area contributed by atoms with Gasteiger partial charge in [-0.2, -0.15) is 0 Å². The molecule has 0 heterocycles. The highest BCUT2D eigenvalue weighted by Gasteiger charge is 2.11. The molecule has 1 unspecified atom stereocenters. The Kier molecular flexibility index (Phi) is 3.26. The first-order valence-corrected chi connectivity index (χ1v) is 4.58. The standard InChI is InChI=1S/C12H16O/c1-4-9(2)12(13)11-8-6-5-7-10(11)3/h5-8,12-13H,2,4H2,1,3H3. The smallest absolute Gasteiger partial charge is 0.100 e. The van der Waals surface area contributed by atoms with Crippen molar-refractivity contribution in [2.75, 3.05) is 0 Å². The van der Waals surface area contributed by atoms with E-state index in [4.69, 9.17) is 0 Å². The molecule has 1 atom stereocenters. The van der Waals surface area contributed by atoms with Crippen LogP contribution < -0.4 is 0 Å². The van der Waals surface area contributed by atoms with Gasteiger partial charge in [-0.3, -0.25) is 0 Å². The quantitative estimate of drug-likeness (QED) is 0.702. The van der Waals surface area contributed by atoms with Gasteiger partial charge in [-0.05, 0) is 30.0 Å². The van der Waals surface area contributed by atoms with Gasteiger partial charge in [-0.1, -0.05) is 37.8 Å². The Balaban J connectivity index is 2.95. The predicted molar refractivity (Wildman–Crippen MR) is 55.6 cm³/mol. The zero-order valence-corrected chi connectivity index (χ0v) is 8.25. The predicted octanol–water partition coefficient (Wildman–Crippen LogP) is 2.99. The molecule has 0 aliphatic carbocycles. The fraction of sp³-hybridized carbons (Fsp3) is 0.333. The monoisotopic (exact) mass is 176 g/mol. The van der Waals surface area contributed by atoms with E-state index in [1.165, 1.54) is 0 Å². The van der Waals surface area contributed by atoms with Crippen LogP contribution in [0.5, 0.6) is 0 Å². The summed E-state index contributed by atoms with van der Waals surface area (Å²) in [5.74, 6) is 0. The fourth-order valence-electron chi connectivity index (χ4n) is 1.31. The highest BCUT2D eigenvalue weighted by Crippen LogP contribution is 2.24. The Hall–Kier alpha value is -1.08. The maximum Gasteiger partial charge on any atom is 0.100 e. The lowest BCUT2D eigenvalue weighted by atomic mass is 9.97. The second kappa shape index (κ2) is 4.24. The molecule has 1 heteroatoms. The van der Waals surface area contributed by atoms with Crippen LogP contribution in [0.2, 0.25) is 0 Å². The highest BCUT2D eigenvalue weighted by molar-refractivity contribution is 5.32. The second-order valence-electron chi connectivity index (χ2n) is 3.27. The lowest BCUT2D eigenvalue weighted by Crippen LogP contribution is -2.01. The summed E-state index contributed by atoms with van der Waals surface area (Å²) < 4.78 is 0. The summed E-state index contributed by atoms with van der Waals surface area (Å²) in [7, 11) is 0. The third-order valence-corrected chi connectivity index (χ3v) is 2.32. The molecule has 1 rings (SSSR count). The average molecular weight is 176 g/mol. The van der Waals surface area contributed by atoms with Crippen molar-refractivity contribution in [3.8, 4) is 0 Å². The van der Waals surface area contributed by atoms with E-state index in [2.05, 4.69) is 6.58 Å². The van der Waals surface area contributed by atoms with E-state index in [0.717, 1.165) is 23.1 Å². The maximum absolute atomic E-state index is 9.87. The van der Waals surface area contributed by atoms with Crippen LogP contribution in [-0.4, -0.2) is 5.11 Å². The second-order valence-corrected chi connectivity index (χ2v) is 3.27. The van der Waals surface area contributed by atoms with Crippen molar-refractivity contribution in [2.45, 2.75) is 26.4 Å². The van der Waals surface area contributed by atoms with Crippen LogP contribution in [0, 0.1) is 6.92 Å². The van der Waals surface area contributed by atoms with E-state index in [0.29, 0.717) is 0 Å². The van der Waals surface area contributed by atoms with Crippen molar-refractivity contribution < 1.29 is 5.11 Å². The normalized spacial score (nSPS) is 12.5. The Bertz CT molecular complexity index is 302. The fourth-order valence-corrected chi connectivity index (χ4v) is 1.31. The Morgan fingerprint density at radius 3 is 2.62 bits per heavy atom. The molecule has 0 bridgehead atoms. The van der Waals surface area contributed by atoms with Crippen molar-refractivity contribution in [1.29, 1.82) is 0 Å². The first kappa shape index (κ1) is 10.0. The molecule has 70 valence electrons. The van der Waals surface area contributed by atoms with Crippen molar-refractivity contribution in [1.82, 2.24) is 0 Å². The van der Waals surface area contributed by atoms with Gasteiger partial charge in [-0.25, -0.2) is 0 Å². The summed E-state index contributed by atoms with van der Waals surface area (Å²) >= 11 is 0. The van der Waals surface area contributed by atoms with Crippen molar-refractivity contribution in [2.24, 2.45) is 0 Å². The summed E-state index contributed by atoms with van der Waals surface area (Å²) in [6, 6.07) is 7.86. The molecule has 1 nitrogen and oxygen atoms in total. The van der Waals surface area contributed by atoms with Crippen LogP contribution in [0.15, 0.2) is 36.4 Å². The van der Waals surface area contributed by atoms with E-state index in [1.807, 2.05) is 38.1 Å². The molecule has 0 amide bonds. The van der Waals surface area contributed by atoms with E-state index < -0.39 is 6.10 Å². The van der Waals surface area contributed by atoms with Crippen molar-refractivity contribution >= 4 is 0 Å². The molecule has 0 saturated heterocycles. The highest BCUT2D eigenvalue weighted by atomic mass is 16.3. The SMILES string of the molecule is C=C(CC)C(O)c1ccccc1C. The van der Waals surface area contributed by atoms with Crippen molar-refractivity contribution in [3.05, 3.63) is 47.5 Å². The lowest BCUT2D eigenvalue weighted by molar-refractivity contribution is 0.212. The first-order chi connectivity index (χ1) is 6.16. The largest absolute Gasteiger partial charge is 0.384 e. The number of hydrogen-bond acceptors (Lipinski definition) is 1. The summed E-state index contributed by atoms with van der Waals surface area (Å²) in [5.41, 5.74) is 2.95. The minimum Gasteiger partial charge on any atom is -0.384 e. The Morgan fingerprint density at radius 1 is 1.46 bits per heavy atom. The molecular weight excluding hydrogens is 160 g/mol. The van der Waals surface area contributed by atoms with Crippen LogP contribution in [0.4, 0.5) is 0 Å². The van der Waals surface area contributed by atoms with Gasteiger partial charge in [-0.15, -0.1) is 0 Å². The van der Waals surface area contributed by atoms with Gasteiger partial charge in [0, 0.05) is 0 Å². The van der Waals surface area contributed by atoms with Crippen LogP contribution in [0.25, 0.3) is 0 Å². The number of hydrogen-bond donors (Lipinski definition) is 1. The van der Waals surface area contributed by atoms with Gasteiger partial charge in [0.05, 0.1) is 0 Å². The van der Waals surface area contributed by atoms with Crippen LogP contribution >= 0.6 is 0 Å². The minimum atomic E-state index is -0.508. The van der Waals surface area contributed by atoms with Gasteiger partial charge in [0.1, 0.15) is 6.10 Å². The molecule has 0 aliphatic rings. The summed E-state index contributed by atoms with van der Waals surface area (Å²) in [6.07, 6.45) is 0.307. The van der Waals surface area contributed by atoms with E-state index in [9.17, 15) is 5.11 Å². The maximum atomic E-state index is 9.87. The molecule has 1 N–H and O–H groups in total. The molecule has 1 aromatic carbocycles. The third kappa shape index (κ3) is 2.19. The summed E-state index contributed by atoms with van der Waals surface area (Å²) in [5, 5.41) is 9.87. The molecule has 0 radical (unpaired) electrons. The molecule has 0 saturated carbocycles. The molecule has 13 heavy (non-hydrogen) atoms. The van der Waals surface area contributed by atoms with E-state index >= 15 is 0 Å². The number of rotatable bonds is 3. The number of aliphatic hydroxyl groups is 1. The van der Waals surface area contributed by atoms with Gasteiger partial charge < -0.3 is 5.11 Å². The van der Waals surface area contributed by atoms with E-state index in [1.54, 1.807) is 0 Å². The molecule has 0 aromatic heterocycles. The lowest BCUT2D eigenvalue weighted by Gasteiger charge is -2.14. The van der Waals surface area contributed by atoms with Crippen LogP contribution in [0.3, 0.4) is 0 Å². The molecule has 0 spiro atoms. The van der Waals surface area contributed by atoms with Crippen LogP contribution in [-0.2, 0) is 0 Å². The summed E-state index contributed by atoms with van der Waals surface area (Å²) in [4.78, 5) is 0. The van der Waals surface area contributed by atoms with Crippen LogP contribution in [0.1, 0.15) is 30.6 Å². The Labute approximate surface area is 79.7 Å². The third-order valence-electron chi connectivity index (χ3n) is 2.32. The zero-order valence-electron chi connectivity index (χ0n) is 8.25. The summed E-state index contributed by atoms with van der Waals surface area (Å²) in [6.45, 7) is 7.85. The van der Waals surface area contributed by atoms with Gasteiger partial charge in [0.25, 0.3) is 0 Å². The zero-order chi connectivity index (χ0) is 9.84. The first-order valence-electron chi connectivity index (χ1n) is 4.58. The average Bonchev–Trinajstić information content (AvgIpc) is 2.16. The topological polar surface area (TPSA) is 20.2 Å². The van der Waals surface area contributed by atoms with Gasteiger partial charge >= 0.3 is 0 Å². The molecular formula is C12H16O. The van der Waals surface area contributed by atoms with Gasteiger partial charge in [0.2, 0.25) is 0 Å².